The van der Waals surface area contributed by atoms with E-state index in [4.69, 9.17) is 0 Å². The Kier molecular flexibility index (Phi) is 2.82. The zero-order valence-corrected chi connectivity index (χ0v) is 8.33. The van der Waals surface area contributed by atoms with Crippen LogP contribution in [0.2, 0.25) is 0 Å². The van der Waals surface area contributed by atoms with E-state index >= 15 is 0 Å². The zero-order chi connectivity index (χ0) is 10.0. The molecule has 0 spiro atoms. The van der Waals surface area contributed by atoms with Gasteiger partial charge in [-0.1, -0.05) is 0 Å². The van der Waals surface area contributed by atoms with Crippen molar-refractivity contribution in [1.82, 2.24) is 4.90 Å². The molecule has 1 aliphatic heterocycles. The van der Waals surface area contributed by atoms with Gasteiger partial charge in [0, 0.05) is 6.08 Å². The molecule has 0 fully saturated rings. The van der Waals surface area contributed by atoms with Crippen LogP contribution in [0, 0.1) is 0 Å². The molecule has 0 radical (unpaired) electrons. The molecule has 0 N–H and O–H groups in total. The van der Waals surface area contributed by atoms with Crippen LogP contribution in [0.25, 0.3) is 0 Å². The maximum Gasteiger partial charge on any atom is 0.424 e. The summed E-state index contributed by atoms with van der Waals surface area (Å²) in [6, 6.07) is 0. The standard InChI is InChI=1S/C7H6BrNO4/c1-2-13-7(12)9-5(10)3-4(8)6(9)11/h3H,2H2,1H3. The number of ether oxygens (including phenoxy) is 1. The first kappa shape index (κ1) is 9.91. The maximum atomic E-state index is 11.1. The number of carbonyl (C=O) groups excluding carboxylic acids is 3. The van der Waals surface area contributed by atoms with E-state index in [-0.39, 0.29) is 11.1 Å². The molecule has 0 bridgehead atoms. The van der Waals surface area contributed by atoms with E-state index in [2.05, 4.69) is 20.7 Å². The van der Waals surface area contributed by atoms with Gasteiger partial charge in [-0.15, -0.1) is 0 Å². The van der Waals surface area contributed by atoms with E-state index in [1.807, 2.05) is 0 Å². The first-order valence-electron chi connectivity index (χ1n) is 3.50. The molecule has 1 aliphatic rings. The number of hydrogen-bond acceptors (Lipinski definition) is 4. The molecular weight excluding hydrogens is 242 g/mol. The third-order valence-corrected chi connectivity index (χ3v) is 1.90. The van der Waals surface area contributed by atoms with Gasteiger partial charge in [0.15, 0.2) is 0 Å². The summed E-state index contributed by atoms with van der Waals surface area (Å²) in [5.41, 5.74) is 0. The van der Waals surface area contributed by atoms with Crippen molar-refractivity contribution in [3.63, 3.8) is 0 Å². The lowest BCUT2D eigenvalue weighted by atomic mass is 10.6. The highest BCUT2D eigenvalue weighted by molar-refractivity contribution is 9.12. The molecule has 0 aromatic rings. The van der Waals surface area contributed by atoms with E-state index < -0.39 is 17.9 Å². The Morgan fingerprint density at radius 1 is 1.62 bits per heavy atom. The monoisotopic (exact) mass is 247 g/mol. The molecule has 3 amide bonds. The quantitative estimate of drug-likeness (QED) is 0.643. The Bertz CT molecular complexity index is 310. The van der Waals surface area contributed by atoms with Gasteiger partial charge in [0.1, 0.15) is 0 Å². The largest absolute Gasteiger partial charge is 0.449 e. The van der Waals surface area contributed by atoms with E-state index in [0.29, 0.717) is 4.90 Å². The third-order valence-electron chi connectivity index (χ3n) is 1.33. The highest BCUT2D eigenvalue weighted by Gasteiger charge is 2.35. The minimum atomic E-state index is -0.941. The third kappa shape index (κ3) is 1.77. The average molecular weight is 248 g/mol. The number of nitrogens with zero attached hydrogens (tertiary/aromatic N) is 1. The molecule has 0 atom stereocenters. The van der Waals surface area contributed by atoms with E-state index in [0.717, 1.165) is 6.08 Å². The van der Waals surface area contributed by atoms with Gasteiger partial charge >= 0.3 is 6.09 Å². The van der Waals surface area contributed by atoms with Crippen molar-refractivity contribution in [3.8, 4) is 0 Å². The lowest BCUT2D eigenvalue weighted by Crippen LogP contribution is -2.37. The first-order chi connectivity index (χ1) is 6.07. The summed E-state index contributed by atoms with van der Waals surface area (Å²) in [6.45, 7) is 1.71. The van der Waals surface area contributed by atoms with Gasteiger partial charge < -0.3 is 4.74 Å². The van der Waals surface area contributed by atoms with Crippen LogP contribution in [0.15, 0.2) is 10.6 Å². The van der Waals surface area contributed by atoms with E-state index in [9.17, 15) is 14.4 Å². The fourth-order valence-electron chi connectivity index (χ4n) is 0.802. The lowest BCUT2D eigenvalue weighted by Gasteiger charge is -2.10. The molecule has 1 rings (SSSR count). The van der Waals surface area contributed by atoms with Gasteiger partial charge in [-0.3, -0.25) is 9.59 Å². The molecule has 0 saturated carbocycles. The van der Waals surface area contributed by atoms with Crippen LogP contribution in [0.5, 0.6) is 0 Å². The van der Waals surface area contributed by atoms with Gasteiger partial charge in [-0.05, 0) is 22.9 Å². The Morgan fingerprint density at radius 2 is 2.23 bits per heavy atom. The van der Waals surface area contributed by atoms with Crippen LogP contribution < -0.4 is 0 Å². The van der Waals surface area contributed by atoms with Crippen molar-refractivity contribution in [3.05, 3.63) is 10.6 Å². The molecular formula is C7H6BrNO4. The lowest BCUT2D eigenvalue weighted by molar-refractivity contribution is -0.134. The van der Waals surface area contributed by atoms with Crippen LogP contribution in [-0.2, 0) is 14.3 Å². The summed E-state index contributed by atoms with van der Waals surface area (Å²) in [6.07, 6.45) is 0.0856. The van der Waals surface area contributed by atoms with Crippen LogP contribution in [-0.4, -0.2) is 29.4 Å². The predicted molar refractivity (Wildman–Crippen MR) is 45.9 cm³/mol. The minimum Gasteiger partial charge on any atom is -0.449 e. The summed E-state index contributed by atoms with van der Waals surface area (Å²) in [5.74, 6) is -1.38. The predicted octanol–water partition coefficient (Wildman–Crippen LogP) is 0.791. The SMILES string of the molecule is CCOC(=O)N1C(=O)C=C(Br)C1=O. The van der Waals surface area contributed by atoms with Gasteiger partial charge in [0.25, 0.3) is 11.8 Å². The van der Waals surface area contributed by atoms with Crippen LogP contribution in [0.4, 0.5) is 4.79 Å². The number of halogens is 1. The van der Waals surface area contributed by atoms with Crippen molar-refractivity contribution in [1.29, 1.82) is 0 Å². The molecule has 0 unspecified atom stereocenters. The Hall–Kier alpha value is -1.17. The van der Waals surface area contributed by atoms with E-state index in [1.165, 1.54) is 0 Å². The zero-order valence-electron chi connectivity index (χ0n) is 6.74. The van der Waals surface area contributed by atoms with Crippen LogP contribution in [0.1, 0.15) is 6.92 Å². The van der Waals surface area contributed by atoms with Crippen LogP contribution in [0.3, 0.4) is 0 Å². The number of rotatable bonds is 1. The Labute approximate surface area is 82.5 Å². The summed E-state index contributed by atoms with van der Waals surface area (Å²) in [7, 11) is 0. The summed E-state index contributed by atoms with van der Waals surface area (Å²) >= 11 is 2.85. The molecule has 6 heteroatoms. The molecule has 0 aromatic carbocycles. The van der Waals surface area contributed by atoms with Gasteiger partial charge in [-0.2, -0.15) is 4.90 Å². The summed E-state index contributed by atoms with van der Waals surface area (Å²) in [4.78, 5) is 33.6. The molecule has 1 heterocycles. The van der Waals surface area contributed by atoms with Crippen molar-refractivity contribution in [2.75, 3.05) is 6.61 Å². The number of imide groups is 3. The highest BCUT2D eigenvalue weighted by atomic mass is 79.9. The number of hydrogen-bond donors (Lipinski definition) is 0. The average Bonchev–Trinajstić information content (AvgIpc) is 2.27. The van der Waals surface area contributed by atoms with Crippen molar-refractivity contribution < 1.29 is 19.1 Å². The smallest absolute Gasteiger partial charge is 0.424 e. The molecule has 0 saturated heterocycles. The van der Waals surface area contributed by atoms with Gasteiger partial charge in [0.05, 0.1) is 11.1 Å². The molecule has 0 aliphatic carbocycles. The van der Waals surface area contributed by atoms with Gasteiger partial charge in [0.2, 0.25) is 0 Å². The van der Waals surface area contributed by atoms with E-state index in [1.54, 1.807) is 6.92 Å². The second-order valence-corrected chi connectivity index (χ2v) is 3.02. The summed E-state index contributed by atoms with van der Waals surface area (Å²) in [5, 5.41) is 0. The molecule has 5 nitrogen and oxygen atoms in total. The first-order valence-corrected chi connectivity index (χ1v) is 4.29. The topological polar surface area (TPSA) is 63.7 Å². The summed E-state index contributed by atoms with van der Waals surface area (Å²) < 4.78 is 4.57. The fraction of sp³-hybridized carbons (Fsp3) is 0.286. The molecule has 13 heavy (non-hydrogen) atoms. The second kappa shape index (κ2) is 3.69. The molecule has 70 valence electrons. The molecule has 0 aromatic heterocycles. The highest BCUT2D eigenvalue weighted by Crippen LogP contribution is 2.18. The number of carbonyl (C=O) groups is 3. The fourth-order valence-corrected chi connectivity index (χ4v) is 1.18. The van der Waals surface area contributed by atoms with Crippen LogP contribution >= 0.6 is 15.9 Å². The second-order valence-electron chi connectivity index (χ2n) is 2.17. The van der Waals surface area contributed by atoms with Crippen molar-refractivity contribution in [2.24, 2.45) is 0 Å². The van der Waals surface area contributed by atoms with Gasteiger partial charge in [-0.25, -0.2) is 4.79 Å². The maximum absolute atomic E-state index is 11.1. The normalized spacial score (nSPS) is 16.2. The Balaban J connectivity index is 2.79. The van der Waals surface area contributed by atoms with Crippen molar-refractivity contribution in [2.45, 2.75) is 6.92 Å². The number of amides is 3. The Morgan fingerprint density at radius 3 is 2.62 bits per heavy atom. The van der Waals surface area contributed by atoms with Crippen molar-refractivity contribution >= 4 is 33.8 Å². The minimum absolute atomic E-state index is 0.0607.